The number of furan rings is 1. The highest BCUT2D eigenvalue weighted by Crippen LogP contribution is 2.24. The molecule has 6 heteroatoms. The summed E-state index contributed by atoms with van der Waals surface area (Å²) in [5.41, 5.74) is 0.189. The molecule has 1 aromatic heterocycles. The molecule has 0 aliphatic carbocycles. The monoisotopic (exact) mass is 372 g/mol. The molecule has 6 nitrogen and oxygen atoms in total. The van der Waals surface area contributed by atoms with Crippen LogP contribution in [0.4, 0.5) is 4.79 Å². The van der Waals surface area contributed by atoms with Crippen LogP contribution in [0, 0.1) is 5.92 Å². The fourth-order valence-electron chi connectivity index (χ4n) is 3.46. The quantitative estimate of drug-likeness (QED) is 0.876. The van der Waals surface area contributed by atoms with Gasteiger partial charge in [-0.3, -0.25) is 4.79 Å². The molecule has 1 N–H and O–H groups in total. The van der Waals surface area contributed by atoms with Crippen molar-refractivity contribution in [2.45, 2.75) is 52.2 Å². The van der Waals surface area contributed by atoms with Crippen molar-refractivity contribution < 1.29 is 18.7 Å². The topological polar surface area (TPSA) is 71.8 Å². The maximum atomic E-state index is 12.9. The largest absolute Gasteiger partial charge is 0.451 e. The molecule has 1 aliphatic rings. The summed E-state index contributed by atoms with van der Waals surface area (Å²) < 4.78 is 11.0. The summed E-state index contributed by atoms with van der Waals surface area (Å²) in [7, 11) is 0. The molecule has 0 bridgehead atoms. The van der Waals surface area contributed by atoms with E-state index in [1.54, 1.807) is 6.07 Å². The van der Waals surface area contributed by atoms with E-state index in [0.717, 1.165) is 23.8 Å². The molecule has 2 atom stereocenters. The second-order valence-corrected chi connectivity index (χ2v) is 8.24. The van der Waals surface area contributed by atoms with Crippen molar-refractivity contribution in [3.8, 4) is 0 Å². The Labute approximate surface area is 159 Å². The lowest BCUT2D eigenvalue weighted by Crippen LogP contribution is -2.48. The van der Waals surface area contributed by atoms with Crippen molar-refractivity contribution in [1.29, 1.82) is 0 Å². The molecule has 0 spiro atoms. The lowest BCUT2D eigenvalue weighted by Gasteiger charge is -2.35. The summed E-state index contributed by atoms with van der Waals surface area (Å²) in [6, 6.07) is 9.32. The predicted molar refractivity (Wildman–Crippen MR) is 104 cm³/mol. The number of benzene rings is 1. The van der Waals surface area contributed by atoms with E-state index >= 15 is 0 Å². The number of carbonyl (C=O) groups excluding carboxylic acids is 2. The second kappa shape index (κ2) is 7.62. The average Bonchev–Trinajstić information content (AvgIpc) is 3.03. The fourth-order valence-corrected chi connectivity index (χ4v) is 3.46. The number of piperidine rings is 1. The smallest absolute Gasteiger partial charge is 0.407 e. The number of amides is 2. The number of alkyl carbamates (subject to hydrolysis) is 1. The SMILES string of the molecule is C[C@@H](NC(=O)OC(C)(C)C)[C@@H]1CCCN(C(=O)c2cc3ccccc3o2)C1. The summed E-state index contributed by atoms with van der Waals surface area (Å²) in [4.78, 5) is 26.7. The Morgan fingerprint density at radius 1 is 1.30 bits per heavy atom. The highest BCUT2D eigenvalue weighted by molar-refractivity contribution is 5.96. The molecule has 0 saturated carbocycles. The lowest BCUT2D eigenvalue weighted by atomic mass is 9.91. The molecule has 0 unspecified atom stereocenters. The normalized spacial score (nSPS) is 19.0. The number of carbonyl (C=O) groups is 2. The number of likely N-dealkylation sites (tertiary alicyclic amines) is 1. The van der Waals surface area contributed by atoms with E-state index in [9.17, 15) is 9.59 Å². The molecule has 3 rings (SSSR count). The third-order valence-electron chi connectivity index (χ3n) is 4.83. The first kappa shape index (κ1) is 19.3. The van der Waals surface area contributed by atoms with E-state index in [-0.39, 0.29) is 17.9 Å². The molecule has 2 aromatic rings. The molecule has 1 aliphatic heterocycles. The van der Waals surface area contributed by atoms with Crippen molar-refractivity contribution in [2.24, 2.45) is 5.92 Å². The molecule has 1 fully saturated rings. The van der Waals surface area contributed by atoms with Gasteiger partial charge in [-0.15, -0.1) is 0 Å². The van der Waals surface area contributed by atoms with Gasteiger partial charge in [-0.1, -0.05) is 18.2 Å². The number of para-hydroxylation sites is 1. The molecule has 2 amide bonds. The van der Waals surface area contributed by atoms with Crippen LogP contribution in [0.2, 0.25) is 0 Å². The zero-order valence-corrected chi connectivity index (χ0v) is 16.5. The summed E-state index contributed by atoms with van der Waals surface area (Å²) in [5, 5.41) is 3.83. The van der Waals surface area contributed by atoms with Crippen LogP contribution in [-0.2, 0) is 4.74 Å². The molecule has 1 aromatic carbocycles. The van der Waals surface area contributed by atoms with Gasteiger partial charge in [0, 0.05) is 24.5 Å². The first-order valence-corrected chi connectivity index (χ1v) is 9.50. The highest BCUT2D eigenvalue weighted by Gasteiger charge is 2.30. The summed E-state index contributed by atoms with van der Waals surface area (Å²) in [6.07, 6.45) is 1.44. The Morgan fingerprint density at radius 3 is 2.74 bits per heavy atom. The van der Waals surface area contributed by atoms with Crippen LogP contribution in [0.5, 0.6) is 0 Å². The number of nitrogens with zero attached hydrogens (tertiary/aromatic N) is 1. The minimum absolute atomic E-state index is 0.0777. The van der Waals surface area contributed by atoms with Crippen molar-refractivity contribution in [1.82, 2.24) is 10.2 Å². The number of hydrogen-bond donors (Lipinski definition) is 1. The summed E-state index contributed by atoms with van der Waals surface area (Å²) >= 11 is 0. The van der Waals surface area contributed by atoms with Crippen LogP contribution in [0.25, 0.3) is 11.0 Å². The predicted octanol–water partition coefficient (Wildman–Crippen LogP) is 4.20. The molecular formula is C21H28N2O4. The van der Waals surface area contributed by atoms with E-state index < -0.39 is 11.7 Å². The zero-order valence-electron chi connectivity index (χ0n) is 16.5. The van der Waals surface area contributed by atoms with Crippen LogP contribution in [0.3, 0.4) is 0 Å². The summed E-state index contributed by atoms with van der Waals surface area (Å²) in [6.45, 7) is 8.77. The van der Waals surface area contributed by atoms with E-state index in [0.29, 0.717) is 18.8 Å². The lowest BCUT2D eigenvalue weighted by molar-refractivity contribution is 0.0456. The van der Waals surface area contributed by atoms with Gasteiger partial charge in [-0.2, -0.15) is 0 Å². The number of rotatable bonds is 3. The van der Waals surface area contributed by atoms with Gasteiger partial charge in [0.1, 0.15) is 11.2 Å². The van der Waals surface area contributed by atoms with Crippen molar-refractivity contribution in [2.75, 3.05) is 13.1 Å². The Hall–Kier alpha value is -2.50. The summed E-state index contributed by atoms with van der Waals surface area (Å²) in [5.74, 6) is 0.449. The van der Waals surface area contributed by atoms with Crippen LogP contribution >= 0.6 is 0 Å². The third-order valence-corrected chi connectivity index (χ3v) is 4.83. The van der Waals surface area contributed by atoms with Crippen LogP contribution in [-0.4, -0.2) is 41.6 Å². The van der Waals surface area contributed by atoms with E-state index in [4.69, 9.17) is 9.15 Å². The van der Waals surface area contributed by atoms with Gasteiger partial charge in [0.05, 0.1) is 0 Å². The first-order valence-electron chi connectivity index (χ1n) is 9.50. The van der Waals surface area contributed by atoms with Crippen molar-refractivity contribution in [3.05, 3.63) is 36.1 Å². The van der Waals surface area contributed by atoms with Gasteiger partial charge in [0.15, 0.2) is 5.76 Å². The number of fused-ring (bicyclic) bond motifs is 1. The molecule has 0 radical (unpaired) electrons. The van der Waals surface area contributed by atoms with Gasteiger partial charge in [-0.05, 0) is 58.6 Å². The van der Waals surface area contributed by atoms with E-state index in [2.05, 4.69) is 5.32 Å². The van der Waals surface area contributed by atoms with Crippen LogP contribution in [0.1, 0.15) is 51.1 Å². The minimum Gasteiger partial charge on any atom is -0.451 e. The minimum atomic E-state index is -0.528. The van der Waals surface area contributed by atoms with Gasteiger partial charge in [-0.25, -0.2) is 4.79 Å². The molecule has 2 heterocycles. The molecule has 1 saturated heterocycles. The van der Waals surface area contributed by atoms with Crippen molar-refractivity contribution in [3.63, 3.8) is 0 Å². The number of ether oxygens (including phenoxy) is 1. The Balaban J connectivity index is 1.63. The Morgan fingerprint density at radius 2 is 2.04 bits per heavy atom. The van der Waals surface area contributed by atoms with E-state index in [1.807, 2.05) is 56.9 Å². The van der Waals surface area contributed by atoms with Crippen LogP contribution in [0.15, 0.2) is 34.7 Å². The van der Waals surface area contributed by atoms with Gasteiger partial charge >= 0.3 is 6.09 Å². The molecule has 146 valence electrons. The number of nitrogens with one attached hydrogen (secondary N) is 1. The Bertz CT molecular complexity index is 788. The molecular weight excluding hydrogens is 344 g/mol. The van der Waals surface area contributed by atoms with Crippen molar-refractivity contribution >= 4 is 23.0 Å². The maximum absolute atomic E-state index is 12.9. The highest BCUT2D eigenvalue weighted by atomic mass is 16.6. The second-order valence-electron chi connectivity index (χ2n) is 8.24. The van der Waals surface area contributed by atoms with Gasteiger partial charge in [0.2, 0.25) is 0 Å². The van der Waals surface area contributed by atoms with Gasteiger partial charge in [0.25, 0.3) is 5.91 Å². The standard InChI is InChI=1S/C21H28N2O4/c1-14(22-20(25)27-21(2,3)4)16-9-7-11-23(13-16)19(24)18-12-15-8-5-6-10-17(15)26-18/h5-6,8,10,12,14,16H,7,9,11,13H2,1-4H3,(H,22,25)/t14-,16-/m1/s1. The number of hydrogen-bond acceptors (Lipinski definition) is 4. The molecule has 27 heavy (non-hydrogen) atoms. The fraction of sp³-hybridized carbons (Fsp3) is 0.524. The maximum Gasteiger partial charge on any atom is 0.407 e. The van der Waals surface area contributed by atoms with Crippen LogP contribution < -0.4 is 5.32 Å². The average molecular weight is 372 g/mol. The van der Waals surface area contributed by atoms with E-state index in [1.165, 1.54) is 0 Å². The van der Waals surface area contributed by atoms with Gasteiger partial charge < -0.3 is 19.4 Å². The zero-order chi connectivity index (χ0) is 19.6. The first-order chi connectivity index (χ1) is 12.7. The third kappa shape index (κ3) is 4.81. The Kier molecular flexibility index (Phi) is 5.44.